The first-order valence-corrected chi connectivity index (χ1v) is 7.77. The van der Waals surface area contributed by atoms with Crippen molar-refractivity contribution in [2.45, 2.75) is 32.5 Å². The van der Waals surface area contributed by atoms with Crippen LogP contribution in [0, 0.1) is 0 Å². The number of nitrogens with zero attached hydrogens (tertiary/aromatic N) is 3. The van der Waals surface area contributed by atoms with Crippen LogP contribution in [0.25, 0.3) is 0 Å². The lowest BCUT2D eigenvalue weighted by Gasteiger charge is -2.19. The first-order chi connectivity index (χ1) is 11.1. The molecule has 2 N–H and O–H groups in total. The van der Waals surface area contributed by atoms with E-state index in [0.717, 1.165) is 11.1 Å². The summed E-state index contributed by atoms with van der Waals surface area (Å²) >= 11 is 0. The molecule has 1 atom stereocenters. The van der Waals surface area contributed by atoms with Crippen LogP contribution >= 0.6 is 0 Å². The van der Waals surface area contributed by atoms with Crippen molar-refractivity contribution >= 4 is 6.03 Å². The van der Waals surface area contributed by atoms with Gasteiger partial charge in [0.05, 0.1) is 12.6 Å². The van der Waals surface area contributed by atoms with E-state index in [4.69, 9.17) is 0 Å². The largest absolute Gasteiger partial charge is 0.393 e. The van der Waals surface area contributed by atoms with Crippen LogP contribution in [0.3, 0.4) is 0 Å². The highest BCUT2D eigenvalue weighted by Gasteiger charge is 2.10. The number of carbonyl (C=O) groups excluding carboxylic acids is 1. The summed E-state index contributed by atoms with van der Waals surface area (Å²) in [5.74, 6) is 0. The van der Waals surface area contributed by atoms with Crippen LogP contribution in [0.2, 0.25) is 0 Å². The van der Waals surface area contributed by atoms with Gasteiger partial charge in [0, 0.05) is 32.5 Å². The highest BCUT2D eigenvalue weighted by atomic mass is 16.3. The van der Waals surface area contributed by atoms with E-state index in [-0.39, 0.29) is 6.03 Å². The average molecular weight is 316 g/mol. The van der Waals surface area contributed by atoms with Gasteiger partial charge in [-0.3, -0.25) is 4.68 Å². The van der Waals surface area contributed by atoms with E-state index in [1.807, 2.05) is 41.2 Å². The number of amides is 2. The molecule has 124 valence electrons. The number of aromatic nitrogens is 2. The predicted octanol–water partition coefficient (Wildman–Crippen LogP) is 1.84. The number of nitrogens with one attached hydrogen (secondary N) is 1. The Balaban J connectivity index is 1.91. The summed E-state index contributed by atoms with van der Waals surface area (Å²) < 4.78 is 1.86. The zero-order valence-corrected chi connectivity index (χ0v) is 13.6. The number of hydrogen-bond donors (Lipinski definition) is 2. The summed E-state index contributed by atoms with van der Waals surface area (Å²) in [6.07, 6.45) is 3.83. The molecular formula is C17H24N4O2. The van der Waals surface area contributed by atoms with Crippen LogP contribution < -0.4 is 5.32 Å². The second-order valence-corrected chi connectivity index (χ2v) is 5.69. The number of aliphatic hydroxyl groups is 1. The topological polar surface area (TPSA) is 70.4 Å². The standard InChI is InChI=1S/C17H24N4O2/c1-14(22)8-11-20(2)17(23)18-12-15-6-3-4-7-16(15)13-21-10-5-9-19-21/h3-7,9-10,14,22H,8,11-13H2,1-2H3,(H,18,23). The lowest BCUT2D eigenvalue weighted by Crippen LogP contribution is -2.38. The Bertz CT molecular complexity index is 611. The zero-order chi connectivity index (χ0) is 16.7. The molecule has 0 aliphatic rings. The molecule has 6 nitrogen and oxygen atoms in total. The monoisotopic (exact) mass is 316 g/mol. The summed E-state index contributed by atoms with van der Waals surface area (Å²) in [6, 6.07) is 9.75. The Labute approximate surface area is 136 Å². The first-order valence-electron chi connectivity index (χ1n) is 7.77. The fraction of sp³-hybridized carbons (Fsp3) is 0.412. The highest BCUT2D eigenvalue weighted by molar-refractivity contribution is 5.73. The molecule has 2 aromatic rings. The van der Waals surface area contributed by atoms with Crippen LogP contribution in [0.15, 0.2) is 42.7 Å². The minimum Gasteiger partial charge on any atom is -0.393 e. The van der Waals surface area contributed by atoms with E-state index in [1.165, 1.54) is 0 Å². The molecule has 0 radical (unpaired) electrons. The Kier molecular flexibility index (Phi) is 6.17. The smallest absolute Gasteiger partial charge is 0.317 e. The summed E-state index contributed by atoms with van der Waals surface area (Å²) in [5.41, 5.74) is 2.20. The highest BCUT2D eigenvalue weighted by Crippen LogP contribution is 2.10. The number of hydrogen-bond acceptors (Lipinski definition) is 3. The van der Waals surface area contributed by atoms with E-state index in [1.54, 1.807) is 25.1 Å². The molecule has 1 aromatic carbocycles. The van der Waals surface area contributed by atoms with Gasteiger partial charge >= 0.3 is 6.03 Å². The number of rotatable bonds is 7. The quantitative estimate of drug-likeness (QED) is 0.819. The Hall–Kier alpha value is -2.34. The molecule has 1 unspecified atom stereocenters. The average Bonchev–Trinajstić information content (AvgIpc) is 3.04. The van der Waals surface area contributed by atoms with Crippen molar-refractivity contribution < 1.29 is 9.90 Å². The van der Waals surface area contributed by atoms with Gasteiger partial charge in [-0.25, -0.2) is 4.79 Å². The lowest BCUT2D eigenvalue weighted by atomic mass is 10.1. The summed E-state index contributed by atoms with van der Waals surface area (Å²) in [5, 5.41) is 16.4. The van der Waals surface area contributed by atoms with E-state index in [0.29, 0.717) is 26.1 Å². The normalized spacial score (nSPS) is 12.0. The van der Waals surface area contributed by atoms with E-state index in [9.17, 15) is 9.90 Å². The molecule has 0 saturated carbocycles. The van der Waals surface area contributed by atoms with Gasteiger partial charge in [-0.2, -0.15) is 5.10 Å². The number of carbonyl (C=O) groups is 1. The molecule has 1 aromatic heterocycles. The second-order valence-electron chi connectivity index (χ2n) is 5.69. The Morgan fingerprint density at radius 1 is 1.35 bits per heavy atom. The molecular weight excluding hydrogens is 292 g/mol. The summed E-state index contributed by atoms with van der Waals surface area (Å²) in [4.78, 5) is 13.7. The predicted molar refractivity (Wildman–Crippen MR) is 88.9 cm³/mol. The van der Waals surface area contributed by atoms with E-state index in [2.05, 4.69) is 10.4 Å². The third-order valence-electron chi connectivity index (χ3n) is 3.67. The van der Waals surface area contributed by atoms with Crippen molar-refractivity contribution in [2.24, 2.45) is 0 Å². The molecule has 2 amide bonds. The maximum atomic E-state index is 12.1. The molecule has 0 fully saturated rings. The third-order valence-corrected chi connectivity index (χ3v) is 3.67. The lowest BCUT2D eigenvalue weighted by molar-refractivity contribution is 0.163. The SMILES string of the molecule is CC(O)CCN(C)C(=O)NCc1ccccc1Cn1cccn1. The van der Waals surface area contributed by atoms with Gasteiger partial charge in [-0.15, -0.1) is 0 Å². The van der Waals surface area contributed by atoms with Crippen molar-refractivity contribution in [3.8, 4) is 0 Å². The molecule has 23 heavy (non-hydrogen) atoms. The van der Waals surface area contributed by atoms with Crippen molar-refractivity contribution in [2.75, 3.05) is 13.6 Å². The zero-order valence-electron chi connectivity index (χ0n) is 13.6. The number of aliphatic hydroxyl groups excluding tert-OH is 1. The number of urea groups is 1. The molecule has 0 aliphatic heterocycles. The molecule has 0 spiro atoms. The summed E-state index contributed by atoms with van der Waals surface area (Å²) in [6.45, 7) is 3.39. The van der Waals surface area contributed by atoms with E-state index >= 15 is 0 Å². The maximum Gasteiger partial charge on any atom is 0.317 e. The van der Waals surface area contributed by atoms with Gasteiger partial charge in [0.25, 0.3) is 0 Å². The van der Waals surface area contributed by atoms with E-state index < -0.39 is 6.10 Å². The minimum atomic E-state index is -0.403. The van der Waals surface area contributed by atoms with Gasteiger partial charge in [-0.1, -0.05) is 24.3 Å². The Morgan fingerprint density at radius 2 is 2.09 bits per heavy atom. The van der Waals surface area contributed by atoms with Crippen molar-refractivity contribution in [3.05, 3.63) is 53.9 Å². The first kappa shape index (κ1) is 17.0. The van der Waals surface area contributed by atoms with Crippen LogP contribution in [0.1, 0.15) is 24.5 Å². The maximum absolute atomic E-state index is 12.1. The van der Waals surface area contributed by atoms with Gasteiger partial charge in [0.2, 0.25) is 0 Å². The van der Waals surface area contributed by atoms with Crippen molar-refractivity contribution in [1.29, 1.82) is 0 Å². The molecule has 6 heteroatoms. The Morgan fingerprint density at radius 3 is 2.74 bits per heavy atom. The van der Waals surface area contributed by atoms with Gasteiger partial charge in [-0.05, 0) is 30.5 Å². The fourth-order valence-corrected chi connectivity index (χ4v) is 2.24. The van der Waals surface area contributed by atoms with Gasteiger partial charge < -0.3 is 15.3 Å². The van der Waals surface area contributed by atoms with Crippen LogP contribution in [0.5, 0.6) is 0 Å². The second kappa shape index (κ2) is 8.33. The summed E-state index contributed by atoms with van der Waals surface area (Å²) in [7, 11) is 1.73. The van der Waals surface area contributed by atoms with Crippen molar-refractivity contribution in [1.82, 2.24) is 20.0 Å². The van der Waals surface area contributed by atoms with Crippen molar-refractivity contribution in [3.63, 3.8) is 0 Å². The molecule has 0 aliphatic carbocycles. The van der Waals surface area contributed by atoms with Crippen LogP contribution in [-0.2, 0) is 13.1 Å². The fourth-order valence-electron chi connectivity index (χ4n) is 2.24. The third kappa shape index (κ3) is 5.41. The number of benzene rings is 1. The molecule has 2 rings (SSSR count). The molecule has 0 saturated heterocycles. The van der Waals surface area contributed by atoms with Crippen LogP contribution in [-0.4, -0.2) is 45.5 Å². The molecule has 0 bridgehead atoms. The molecule has 1 heterocycles. The van der Waals surface area contributed by atoms with Crippen LogP contribution in [0.4, 0.5) is 4.79 Å². The van der Waals surface area contributed by atoms with Gasteiger partial charge in [0.1, 0.15) is 0 Å². The van der Waals surface area contributed by atoms with Gasteiger partial charge in [0.15, 0.2) is 0 Å². The minimum absolute atomic E-state index is 0.139.